The van der Waals surface area contributed by atoms with Gasteiger partial charge in [-0.15, -0.1) is 0 Å². The van der Waals surface area contributed by atoms with Crippen molar-refractivity contribution in [3.63, 3.8) is 0 Å². The first-order chi connectivity index (χ1) is 12.2. The predicted molar refractivity (Wildman–Crippen MR) is 92.1 cm³/mol. The van der Waals surface area contributed by atoms with Crippen LogP contribution in [0.3, 0.4) is 0 Å². The zero-order valence-electron chi connectivity index (χ0n) is 13.4. The largest absolute Gasteiger partial charge is 0.842 e. The average molecular weight is 329 g/mol. The number of benzene rings is 2. The van der Waals surface area contributed by atoms with Crippen molar-refractivity contribution in [3.05, 3.63) is 94.8 Å². The molecule has 0 amide bonds. The summed E-state index contributed by atoms with van der Waals surface area (Å²) >= 11 is 0. The van der Waals surface area contributed by atoms with Crippen LogP contribution in [0.1, 0.15) is 5.56 Å². The fourth-order valence-electron chi connectivity index (χ4n) is 2.83. The highest BCUT2D eigenvalue weighted by Gasteiger charge is 2.15. The van der Waals surface area contributed by atoms with E-state index in [1.807, 2.05) is 66.7 Å². The number of hydrogen-bond acceptors (Lipinski definition) is 3. The first-order valence-electron chi connectivity index (χ1n) is 7.96. The van der Waals surface area contributed by atoms with Crippen LogP contribution in [0, 0.1) is 0 Å². The molecule has 4 rings (SSSR count). The Labute approximate surface area is 144 Å². The molecule has 0 aliphatic heterocycles. The molecule has 0 radical (unpaired) electrons. The number of rotatable bonds is 3. The molecule has 25 heavy (non-hydrogen) atoms. The molecule has 0 saturated carbocycles. The fourth-order valence-corrected chi connectivity index (χ4v) is 2.83. The van der Waals surface area contributed by atoms with Crippen LogP contribution in [-0.4, -0.2) is 9.61 Å². The molecule has 0 unspecified atom stereocenters. The van der Waals surface area contributed by atoms with Crippen molar-refractivity contribution in [1.29, 1.82) is 0 Å². The minimum Gasteiger partial charge on any atom is -0.842 e. The summed E-state index contributed by atoms with van der Waals surface area (Å²) in [5.41, 5.74) is 2.62. The van der Waals surface area contributed by atoms with Gasteiger partial charge < -0.3 is 5.11 Å². The predicted octanol–water partition coefficient (Wildman–Crippen LogP) is 1.77. The maximum absolute atomic E-state index is 12.3. The molecule has 2 aromatic carbocycles. The molecule has 0 spiro atoms. The quantitative estimate of drug-likeness (QED) is 0.538. The van der Waals surface area contributed by atoms with Crippen molar-refractivity contribution in [2.24, 2.45) is 0 Å². The average Bonchev–Trinajstić information content (AvgIpc) is 2.66. The second kappa shape index (κ2) is 6.20. The molecule has 2 aromatic heterocycles. The molecule has 0 aliphatic rings. The van der Waals surface area contributed by atoms with Gasteiger partial charge in [-0.3, -0.25) is 0 Å². The van der Waals surface area contributed by atoms with E-state index in [2.05, 4.69) is 5.10 Å². The monoisotopic (exact) mass is 329 g/mol. The van der Waals surface area contributed by atoms with Crippen LogP contribution >= 0.6 is 0 Å². The van der Waals surface area contributed by atoms with Crippen LogP contribution < -0.4 is 15.2 Å². The number of aromatic nitrogens is 3. The van der Waals surface area contributed by atoms with Crippen LogP contribution in [0.2, 0.25) is 0 Å². The molecule has 0 atom stereocenters. The maximum atomic E-state index is 12.3. The summed E-state index contributed by atoms with van der Waals surface area (Å²) < 4.78 is 2.84. The van der Waals surface area contributed by atoms with E-state index in [0.717, 1.165) is 17.2 Å². The van der Waals surface area contributed by atoms with Crippen molar-refractivity contribution in [2.75, 3.05) is 0 Å². The molecule has 0 aliphatic carbocycles. The minimum atomic E-state index is -0.429. The molecule has 122 valence electrons. The van der Waals surface area contributed by atoms with E-state index in [1.54, 1.807) is 10.6 Å². The summed E-state index contributed by atoms with van der Waals surface area (Å²) in [5.74, 6) is -0.330. The minimum absolute atomic E-state index is 0.330. The van der Waals surface area contributed by atoms with Crippen LogP contribution in [0.15, 0.2) is 83.7 Å². The summed E-state index contributed by atoms with van der Waals surface area (Å²) in [5, 5.41) is 16.8. The standard InChI is InChI=1S/C20H15N3O2/c24-19-13-20(25)23-18(22(19)14-15-7-3-1-4-8-15)12-11-17(21-23)16-9-5-2-6-10-16/h1-13H,14H2. The van der Waals surface area contributed by atoms with E-state index < -0.39 is 5.56 Å². The van der Waals surface area contributed by atoms with Gasteiger partial charge in [0.25, 0.3) is 0 Å². The zero-order chi connectivity index (χ0) is 17.2. The van der Waals surface area contributed by atoms with Crippen LogP contribution in [-0.2, 0) is 6.54 Å². The SMILES string of the molecule is O=c1cc([O-])[n+](Cc2ccccc2)c2ccc(-c3ccccc3)nn12. The molecule has 0 bridgehead atoms. The third-order valence-corrected chi connectivity index (χ3v) is 4.07. The second-order valence-electron chi connectivity index (χ2n) is 5.75. The summed E-state index contributed by atoms with van der Waals surface area (Å²) in [6.45, 7) is 0.385. The van der Waals surface area contributed by atoms with Crippen LogP contribution in [0.25, 0.3) is 16.9 Å². The third-order valence-electron chi connectivity index (χ3n) is 4.07. The van der Waals surface area contributed by atoms with E-state index in [-0.39, 0.29) is 5.88 Å². The molecule has 0 N–H and O–H groups in total. The van der Waals surface area contributed by atoms with Gasteiger partial charge in [-0.2, -0.15) is 0 Å². The lowest BCUT2D eigenvalue weighted by Gasteiger charge is -2.12. The van der Waals surface area contributed by atoms with Crippen LogP contribution in [0.5, 0.6) is 5.88 Å². The first kappa shape index (κ1) is 15.1. The molecule has 0 saturated heterocycles. The van der Waals surface area contributed by atoms with Gasteiger partial charge in [-0.05, 0) is 11.6 Å². The number of fused-ring (bicyclic) bond motifs is 1. The molecule has 2 heterocycles. The molecule has 0 fully saturated rings. The Morgan fingerprint density at radius 3 is 2.32 bits per heavy atom. The van der Waals surface area contributed by atoms with E-state index >= 15 is 0 Å². The van der Waals surface area contributed by atoms with Gasteiger partial charge in [0.1, 0.15) is 12.2 Å². The van der Waals surface area contributed by atoms with Gasteiger partial charge in [0, 0.05) is 11.6 Å². The molecule has 4 aromatic rings. The van der Waals surface area contributed by atoms with Crippen molar-refractivity contribution in [2.45, 2.75) is 6.54 Å². The molecular formula is C20H15N3O2. The second-order valence-corrected chi connectivity index (χ2v) is 5.75. The normalized spacial score (nSPS) is 10.9. The number of nitrogens with zero attached hydrogens (tertiary/aromatic N) is 3. The van der Waals surface area contributed by atoms with E-state index in [0.29, 0.717) is 17.9 Å². The molecule has 5 heteroatoms. The highest BCUT2D eigenvalue weighted by molar-refractivity contribution is 5.59. The topological polar surface area (TPSA) is 61.3 Å². The molecule has 5 nitrogen and oxygen atoms in total. The highest BCUT2D eigenvalue weighted by atomic mass is 16.3. The molecular weight excluding hydrogens is 314 g/mol. The summed E-state index contributed by atoms with van der Waals surface area (Å²) in [7, 11) is 0. The van der Waals surface area contributed by atoms with Gasteiger partial charge >= 0.3 is 11.2 Å². The Balaban J connectivity index is 1.88. The first-order valence-corrected chi connectivity index (χ1v) is 7.96. The van der Waals surface area contributed by atoms with Gasteiger partial charge in [-0.25, -0.2) is 9.36 Å². The van der Waals surface area contributed by atoms with Gasteiger partial charge in [0.2, 0.25) is 0 Å². The van der Waals surface area contributed by atoms with E-state index in [9.17, 15) is 9.90 Å². The zero-order valence-corrected chi connectivity index (χ0v) is 13.4. The third kappa shape index (κ3) is 2.87. The van der Waals surface area contributed by atoms with Crippen LogP contribution in [0.4, 0.5) is 0 Å². The lowest BCUT2D eigenvalue weighted by atomic mass is 10.1. The summed E-state index contributed by atoms with van der Waals surface area (Å²) in [6, 6.07) is 23.9. The lowest BCUT2D eigenvalue weighted by molar-refractivity contribution is -0.709. The van der Waals surface area contributed by atoms with E-state index in [4.69, 9.17) is 0 Å². The Kier molecular flexibility index (Phi) is 3.74. The summed E-state index contributed by atoms with van der Waals surface area (Å²) in [4.78, 5) is 12.3. The summed E-state index contributed by atoms with van der Waals surface area (Å²) in [6.07, 6.45) is 0. The Morgan fingerprint density at radius 1 is 0.920 bits per heavy atom. The van der Waals surface area contributed by atoms with Gasteiger partial charge in [0.05, 0.1) is 11.9 Å². The number of hydrogen-bond donors (Lipinski definition) is 0. The van der Waals surface area contributed by atoms with Crippen molar-refractivity contribution in [1.82, 2.24) is 9.61 Å². The van der Waals surface area contributed by atoms with Crippen molar-refractivity contribution < 1.29 is 9.67 Å². The van der Waals surface area contributed by atoms with Crippen molar-refractivity contribution in [3.8, 4) is 17.1 Å². The Bertz CT molecular complexity index is 1090. The maximum Gasteiger partial charge on any atom is 0.362 e. The van der Waals surface area contributed by atoms with Gasteiger partial charge in [0.15, 0.2) is 0 Å². The van der Waals surface area contributed by atoms with Crippen molar-refractivity contribution >= 4 is 5.65 Å². The lowest BCUT2D eigenvalue weighted by Crippen LogP contribution is -2.43. The van der Waals surface area contributed by atoms with E-state index in [1.165, 1.54) is 4.52 Å². The highest BCUT2D eigenvalue weighted by Crippen LogP contribution is 2.15. The smallest absolute Gasteiger partial charge is 0.362 e. The van der Waals surface area contributed by atoms with Gasteiger partial charge in [-0.1, -0.05) is 70.3 Å². The Hall–Kier alpha value is -3.47. The fraction of sp³-hybridized carbons (Fsp3) is 0.0500. The Morgan fingerprint density at radius 2 is 1.60 bits per heavy atom.